The monoisotopic (exact) mass is 391 g/mol. The average Bonchev–Trinajstić information content (AvgIpc) is 2.77. The minimum Gasteiger partial charge on any atom is -0.344 e. The molecule has 3 rings (SSSR count). The lowest BCUT2D eigenvalue weighted by Crippen LogP contribution is -2.32. The lowest BCUT2D eigenvalue weighted by atomic mass is 10.0. The molecular formula is C21H21N5O3. The number of nitrogens with one attached hydrogen (secondary N) is 2. The van der Waals surface area contributed by atoms with Crippen molar-refractivity contribution in [2.45, 2.75) is 19.0 Å². The zero-order valence-electron chi connectivity index (χ0n) is 15.7. The Morgan fingerprint density at radius 1 is 1.00 bits per heavy atom. The molecular weight excluding hydrogens is 370 g/mol. The summed E-state index contributed by atoms with van der Waals surface area (Å²) in [5, 5.41) is 17.6. The Bertz CT molecular complexity index is 951. The summed E-state index contributed by atoms with van der Waals surface area (Å²) in [5.41, 5.74) is 1.59. The summed E-state index contributed by atoms with van der Waals surface area (Å²) in [6.45, 7) is 1.11. The van der Waals surface area contributed by atoms with E-state index in [1.807, 2.05) is 18.2 Å². The first-order valence-corrected chi connectivity index (χ1v) is 9.21. The lowest BCUT2D eigenvalue weighted by molar-refractivity contribution is -0.385. The maximum atomic E-state index is 12.6. The van der Waals surface area contributed by atoms with Gasteiger partial charge in [0.2, 0.25) is 0 Å². The fourth-order valence-electron chi connectivity index (χ4n) is 2.95. The molecule has 1 amide bonds. The first kappa shape index (κ1) is 20.1. The molecule has 1 atom stereocenters. The van der Waals surface area contributed by atoms with Gasteiger partial charge in [-0.1, -0.05) is 30.3 Å². The van der Waals surface area contributed by atoms with E-state index < -0.39 is 11.0 Å². The number of pyridine rings is 2. The van der Waals surface area contributed by atoms with E-state index >= 15 is 0 Å². The highest BCUT2D eigenvalue weighted by Crippen LogP contribution is 2.27. The van der Waals surface area contributed by atoms with Crippen LogP contribution in [0.15, 0.2) is 73.1 Å². The van der Waals surface area contributed by atoms with E-state index in [0.717, 1.165) is 5.69 Å². The van der Waals surface area contributed by atoms with Crippen LogP contribution in [0.2, 0.25) is 0 Å². The van der Waals surface area contributed by atoms with Gasteiger partial charge in [-0.3, -0.25) is 24.9 Å². The van der Waals surface area contributed by atoms with E-state index in [1.54, 1.807) is 42.6 Å². The Hall–Kier alpha value is -3.65. The zero-order chi connectivity index (χ0) is 20.5. The fraction of sp³-hybridized carbons (Fsp3) is 0.190. The molecule has 0 aliphatic heterocycles. The predicted octanol–water partition coefficient (Wildman–Crippen LogP) is 3.04. The van der Waals surface area contributed by atoms with Gasteiger partial charge in [-0.25, -0.2) is 0 Å². The molecule has 0 bridgehead atoms. The number of amides is 1. The molecule has 0 aliphatic rings. The molecule has 29 heavy (non-hydrogen) atoms. The number of hydrogen-bond acceptors (Lipinski definition) is 6. The molecule has 2 N–H and O–H groups in total. The number of nitrogens with zero attached hydrogens (tertiary/aromatic N) is 3. The van der Waals surface area contributed by atoms with E-state index in [-0.39, 0.29) is 17.3 Å². The van der Waals surface area contributed by atoms with Crippen LogP contribution in [0.3, 0.4) is 0 Å². The first-order valence-electron chi connectivity index (χ1n) is 9.21. The van der Waals surface area contributed by atoms with Crippen molar-refractivity contribution < 1.29 is 9.72 Å². The summed E-state index contributed by atoms with van der Waals surface area (Å²) in [4.78, 5) is 31.9. The third-order valence-electron chi connectivity index (χ3n) is 4.35. The number of para-hydroxylation sites is 1. The minimum absolute atomic E-state index is 0.0245. The summed E-state index contributed by atoms with van der Waals surface area (Å²) in [7, 11) is 0. The highest BCUT2D eigenvalue weighted by Gasteiger charge is 2.23. The van der Waals surface area contributed by atoms with Crippen molar-refractivity contribution in [2.24, 2.45) is 0 Å². The zero-order valence-corrected chi connectivity index (χ0v) is 15.7. The van der Waals surface area contributed by atoms with Crippen LogP contribution in [0, 0.1) is 10.1 Å². The van der Waals surface area contributed by atoms with Gasteiger partial charge < -0.3 is 10.6 Å². The van der Waals surface area contributed by atoms with Crippen molar-refractivity contribution in [3.63, 3.8) is 0 Å². The van der Waals surface area contributed by atoms with Gasteiger partial charge in [-0.05, 0) is 37.2 Å². The third kappa shape index (κ3) is 5.66. The standard InChI is InChI=1S/C21H21N5O3/c27-21(19-9-4-6-13-24-19)25-18(17-8-1-2-10-20(17)26(28)29)11-14-22-15-16-7-3-5-12-23-16/h1-10,12-13,18,22H,11,14-15H2,(H,25,27). The topological polar surface area (TPSA) is 110 Å². The average molecular weight is 391 g/mol. The Balaban J connectivity index is 1.72. The van der Waals surface area contributed by atoms with Gasteiger partial charge in [0.15, 0.2) is 0 Å². The summed E-state index contributed by atoms with van der Waals surface area (Å²) in [6, 6.07) is 16.6. The van der Waals surface area contributed by atoms with E-state index in [2.05, 4.69) is 20.6 Å². The molecule has 0 saturated carbocycles. The molecule has 0 spiro atoms. The number of rotatable bonds is 9. The van der Waals surface area contributed by atoms with Crippen molar-refractivity contribution in [3.05, 3.63) is 100 Å². The Kier molecular flexibility index (Phi) is 6.96. The van der Waals surface area contributed by atoms with Gasteiger partial charge in [0.25, 0.3) is 11.6 Å². The third-order valence-corrected chi connectivity index (χ3v) is 4.35. The SMILES string of the molecule is O=C(NC(CCNCc1ccccn1)c1ccccc1[N+](=O)[O-])c1ccccn1. The molecule has 1 unspecified atom stereocenters. The van der Waals surface area contributed by atoms with Crippen LogP contribution in [0.5, 0.6) is 0 Å². The number of carbonyl (C=O) groups excluding carboxylic acids is 1. The van der Waals surface area contributed by atoms with Crippen LogP contribution in [0.1, 0.15) is 34.2 Å². The van der Waals surface area contributed by atoms with E-state index in [9.17, 15) is 14.9 Å². The maximum Gasteiger partial charge on any atom is 0.274 e. The summed E-state index contributed by atoms with van der Waals surface area (Å²) < 4.78 is 0. The number of benzene rings is 1. The molecule has 8 nitrogen and oxygen atoms in total. The van der Waals surface area contributed by atoms with Crippen LogP contribution in [-0.4, -0.2) is 27.3 Å². The van der Waals surface area contributed by atoms with Gasteiger partial charge in [0.05, 0.1) is 22.2 Å². The minimum atomic E-state index is -0.540. The van der Waals surface area contributed by atoms with E-state index in [0.29, 0.717) is 25.1 Å². The number of carbonyl (C=O) groups is 1. The van der Waals surface area contributed by atoms with E-state index in [1.165, 1.54) is 12.3 Å². The molecule has 0 aliphatic carbocycles. The molecule has 2 aromatic heterocycles. The normalized spacial score (nSPS) is 11.6. The van der Waals surface area contributed by atoms with Gasteiger partial charge in [-0.15, -0.1) is 0 Å². The van der Waals surface area contributed by atoms with Crippen LogP contribution < -0.4 is 10.6 Å². The van der Waals surface area contributed by atoms with Crippen molar-refractivity contribution in [2.75, 3.05) is 6.54 Å². The largest absolute Gasteiger partial charge is 0.344 e. The second-order valence-corrected chi connectivity index (χ2v) is 6.34. The smallest absolute Gasteiger partial charge is 0.274 e. The number of nitro benzene ring substituents is 1. The maximum absolute atomic E-state index is 12.6. The summed E-state index contributed by atoms with van der Waals surface area (Å²) >= 11 is 0. The number of aromatic nitrogens is 2. The highest BCUT2D eigenvalue weighted by molar-refractivity contribution is 5.92. The molecule has 1 aromatic carbocycles. The van der Waals surface area contributed by atoms with Crippen molar-refractivity contribution in [3.8, 4) is 0 Å². The van der Waals surface area contributed by atoms with Gasteiger partial charge in [0.1, 0.15) is 5.69 Å². The molecule has 148 valence electrons. The molecule has 2 heterocycles. The number of hydrogen-bond donors (Lipinski definition) is 2. The highest BCUT2D eigenvalue weighted by atomic mass is 16.6. The molecule has 0 radical (unpaired) electrons. The fourth-order valence-corrected chi connectivity index (χ4v) is 2.95. The molecule has 8 heteroatoms. The van der Waals surface area contributed by atoms with Crippen molar-refractivity contribution >= 4 is 11.6 Å². The van der Waals surface area contributed by atoms with Gasteiger partial charge in [-0.2, -0.15) is 0 Å². The summed E-state index contributed by atoms with van der Waals surface area (Å²) in [6.07, 6.45) is 3.72. The molecule has 0 saturated heterocycles. The second kappa shape index (κ2) is 10.0. The van der Waals surface area contributed by atoms with Crippen molar-refractivity contribution in [1.29, 1.82) is 0 Å². The van der Waals surface area contributed by atoms with Gasteiger partial charge in [0, 0.05) is 25.0 Å². The summed E-state index contributed by atoms with van der Waals surface area (Å²) in [5.74, 6) is -0.376. The Labute approximate surface area is 168 Å². The lowest BCUT2D eigenvalue weighted by Gasteiger charge is -2.19. The van der Waals surface area contributed by atoms with E-state index in [4.69, 9.17) is 0 Å². The Morgan fingerprint density at radius 3 is 2.41 bits per heavy atom. The first-order chi connectivity index (χ1) is 14.1. The number of nitro groups is 1. The van der Waals surface area contributed by atoms with Crippen molar-refractivity contribution in [1.82, 2.24) is 20.6 Å². The van der Waals surface area contributed by atoms with Crippen LogP contribution in [-0.2, 0) is 6.54 Å². The van der Waals surface area contributed by atoms with Crippen LogP contribution in [0.4, 0.5) is 5.69 Å². The molecule has 0 fully saturated rings. The predicted molar refractivity (Wildman–Crippen MR) is 108 cm³/mol. The van der Waals surface area contributed by atoms with Crippen LogP contribution >= 0.6 is 0 Å². The second-order valence-electron chi connectivity index (χ2n) is 6.34. The Morgan fingerprint density at radius 2 is 1.72 bits per heavy atom. The van der Waals surface area contributed by atoms with Gasteiger partial charge >= 0.3 is 0 Å². The quantitative estimate of drug-likeness (QED) is 0.330. The molecule has 3 aromatic rings. The van der Waals surface area contributed by atoms with Crippen LogP contribution in [0.25, 0.3) is 0 Å².